The molecule has 0 atom stereocenters. The van der Waals surface area contributed by atoms with Crippen LogP contribution in [0, 0.1) is 0 Å². The highest BCUT2D eigenvalue weighted by atomic mass is 35.5. The second kappa shape index (κ2) is 3.45. The molecule has 0 aromatic heterocycles. The van der Waals surface area contributed by atoms with Crippen molar-refractivity contribution in [2.75, 3.05) is 0 Å². The van der Waals surface area contributed by atoms with E-state index in [1.807, 2.05) is 0 Å². The Balaban J connectivity index is 2.77. The maximum atomic E-state index is 11.7. The van der Waals surface area contributed by atoms with E-state index in [4.69, 9.17) is 11.6 Å². The lowest BCUT2D eigenvalue weighted by Crippen LogP contribution is -1.88. The molecule has 0 spiro atoms. The molecule has 1 rings (SSSR count). The molecule has 12 heavy (non-hydrogen) atoms. The maximum Gasteiger partial charge on any atom is 0.391 e. The van der Waals surface area contributed by atoms with Crippen molar-refractivity contribution in [2.45, 2.75) is 0 Å². The van der Waals surface area contributed by atoms with Crippen LogP contribution in [0.5, 0.6) is 5.75 Å². The van der Waals surface area contributed by atoms with Crippen LogP contribution in [0.15, 0.2) is 24.3 Å². The van der Waals surface area contributed by atoms with Gasteiger partial charge in [-0.1, -0.05) is 29.3 Å². The van der Waals surface area contributed by atoms with Crippen LogP contribution in [0.3, 0.4) is 0 Å². The van der Waals surface area contributed by atoms with Crippen molar-refractivity contribution < 1.29 is 15.8 Å². The molecule has 0 unspecified atom stereocenters. The van der Waals surface area contributed by atoms with Gasteiger partial charge < -0.3 is 4.18 Å². The summed E-state index contributed by atoms with van der Waals surface area (Å²) in [6.45, 7) is 0. The summed E-state index contributed by atoms with van der Waals surface area (Å²) in [5, 5.41) is 0.219. The lowest BCUT2D eigenvalue weighted by Gasteiger charge is -2.10. The first kappa shape index (κ1) is 9.54. The van der Waals surface area contributed by atoms with Crippen molar-refractivity contribution in [3.63, 3.8) is 0 Å². The Bertz CT molecular complexity index is 276. The first-order valence-corrected chi connectivity index (χ1v) is 4.48. The third-order valence-corrected chi connectivity index (χ3v) is 1.60. The second-order valence-electron chi connectivity index (χ2n) is 1.90. The van der Waals surface area contributed by atoms with Crippen molar-refractivity contribution in [3.8, 4) is 5.75 Å². The number of hydrogen-bond donors (Lipinski definition) is 0. The van der Waals surface area contributed by atoms with Crippen LogP contribution in [0.25, 0.3) is 0 Å². The summed E-state index contributed by atoms with van der Waals surface area (Å²) in [5.74, 6) is -0.273. The highest BCUT2D eigenvalue weighted by Gasteiger charge is 2.23. The van der Waals surface area contributed by atoms with E-state index < -0.39 is 11.5 Å². The zero-order valence-electron chi connectivity index (χ0n) is 5.64. The molecule has 1 aromatic rings. The van der Waals surface area contributed by atoms with E-state index in [-0.39, 0.29) is 10.8 Å². The molecule has 1 aromatic carbocycles. The van der Waals surface area contributed by atoms with Gasteiger partial charge in [0.05, 0.1) is 0 Å². The first-order valence-electron chi connectivity index (χ1n) is 2.84. The molecule has 0 heterocycles. The fourth-order valence-electron chi connectivity index (χ4n) is 0.628. The van der Waals surface area contributed by atoms with Crippen molar-refractivity contribution in [2.24, 2.45) is 0 Å². The van der Waals surface area contributed by atoms with Gasteiger partial charge in [-0.3, -0.25) is 0 Å². The Labute approximate surface area is 74.5 Å². The van der Waals surface area contributed by atoms with Crippen molar-refractivity contribution in [1.29, 1.82) is 0 Å². The van der Waals surface area contributed by atoms with Crippen LogP contribution in [-0.4, -0.2) is 0 Å². The Kier molecular flexibility index (Phi) is 2.74. The molecule has 0 bridgehead atoms. The smallest absolute Gasteiger partial charge is 0.373 e. The predicted octanol–water partition coefficient (Wildman–Crippen LogP) is 4.09. The zero-order valence-corrected chi connectivity index (χ0v) is 7.21. The largest absolute Gasteiger partial charge is 0.391 e. The molecule has 0 saturated carbocycles. The van der Waals surface area contributed by atoms with Gasteiger partial charge in [-0.15, -0.1) is 0 Å². The van der Waals surface area contributed by atoms with Gasteiger partial charge in [0.1, 0.15) is 5.75 Å². The summed E-state index contributed by atoms with van der Waals surface area (Å²) in [4.78, 5) is 0. The fraction of sp³-hybridized carbons (Fsp3) is 0. The topological polar surface area (TPSA) is 9.23 Å². The number of halogens is 4. The van der Waals surface area contributed by atoms with Crippen molar-refractivity contribution >= 4 is 23.1 Å². The highest BCUT2D eigenvalue weighted by molar-refractivity contribution is 8.17. The molecular weight excluding hydrogens is 213 g/mol. The maximum absolute atomic E-state index is 11.7. The van der Waals surface area contributed by atoms with E-state index in [1.54, 1.807) is 0 Å². The molecule has 0 N–H and O–H groups in total. The normalized spacial score (nSPS) is 12.7. The SMILES string of the molecule is FS(F)(F)Oc1cccc(Cl)c1. The summed E-state index contributed by atoms with van der Waals surface area (Å²) in [6.07, 6.45) is 0. The van der Waals surface area contributed by atoms with Gasteiger partial charge in [-0.05, 0) is 12.1 Å². The molecule has 68 valence electrons. The van der Waals surface area contributed by atoms with Gasteiger partial charge in [-0.25, -0.2) is 0 Å². The average molecular weight is 217 g/mol. The summed E-state index contributed by atoms with van der Waals surface area (Å²) >= 11 is -0.0170. The molecule has 0 aliphatic heterocycles. The van der Waals surface area contributed by atoms with Crippen LogP contribution in [-0.2, 0) is 0 Å². The zero-order chi connectivity index (χ0) is 9.19. The van der Waals surface area contributed by atoms with Gasteiger partial charge in [-0.2, -0.15) is 0 Å². The van der Waals surface area contributed by atoms with Crippen LogP contribution in [0.1, 0.15) is 0 Å². The first-order chi connectivity index (χ1) is 5.47. The molecule has 0 aliphatic rings. The minimum Gasteiger partial charge on any atom is -0.373 e. The highest BCUT2D eigenvalue weighted by Crippen LogP contribution is 2.53. The summed E-state index contributed by atoms with van der Waals surface area (Å²) in [7, 11) is 0. The molecule has 0 amide bonds. The van der Waals surface area contributed by atoms with Crippen LogP contribution in [0.2, 0.25) is 5.02 Å². The number of hydrogen-bond acceptors (Lipinski definition) is 1. The Morgan fingerprint density at radius 1 is 1.25 bits per heavy atom. The molecule has 1 nitrogen and oxygen atoms in total. The van der Waals surface area contributed by atoms with Crippen molar-refractivity contribution in [1.82, 2.24) is 0 Å². The van der Waals surface area contributed by atoms with Crippen molar-refractivity contribution in [3.05, 3.63) is 29.3 Å². The Hall–Kier alpha value is -0.550. The van der Waals surface area contributed by atoms with E-state index in [1.165, 1.54) is 18.2 Å². The standard InChI is InChI=1S/C6H4ClF3OS/c7-5-2-1-3-6(4-5)11-12(8,9)10/h1-4H. The minimum atomic E-state index is -5.45. The van der Waals surface area contributed by atoms with Gasteiger partial charge in [0.25, 0.3) is 0 Å². The van der Waals surface area contributed by atoms with E-state index in [0.717, 1.165) is 6.07 Å². The van der Waals surface area contributed by atoms with Gasteiger partial charge in [0, 0.05) is 11.1 Å². The fourth-order valence-corrected chi connectivity index (χ4v) is 1.13. The quantitative estimate of drug-likeness (QED) is 0.724. The summed E-state index contributed by atoms with van der Waals surface area (Å²) in [6, 6.07) is 5.18. The van der Waals surface area contributed by atoms with Gasteiger partial charge >= 0.3 is 11.5 Å². The Morgan fingerprint density at radius 2 is 1.92 bits per heavy atom. The predicted molar refractivity (Wildman–Crippen MR) is 43.0 cm³/mol. The second-order valence-corrected chi connectivity index (χ2v) is 3.24. The molecule has 0 aliphatic carbocycles. The van der Waals surface area contributed by atoms with Crippen LogP contribution >= 0.6 is 23.1 Å². The molecule has 0 radical (unpaired) electrons. The molecular formula is C6H4ClF3OS. The van der Waals surface area contributed by atoms with Gasteiger partial charge in [0.15, 0.2) is 0 Å². The summed E-state index contributed by atoms with van der Waals surface area (Å²) in [5.41, 5.74) is 0. The van der Waals surface area contributed by atoms with Gasteiger partial charge in [0.2, 0.25) is 0 Å². The third kappa shape index (κ3) is 3.23. The minimum absolute atomic E-state index is 0.219. The summed E-state index contributed by atoms with van der Waals surface area (Å²) < 4.78 is 38.8. The Morgan fingerprint density at radius 3 is 2.42 bits per heavy atom. The van der Waals surface area contributed by atoms with E-state index in [0.29, 0.717) is 0 Å². The third-order valence-electron chi connectivity index (χ3n) is 0.987. The lowest BCUT2D eigenvalue weighted by atomic mass is 10.3. The van der Waals surface area contributed by atoms with E-state index in [2.05, 4.69) is 4.18 Å². The molecule has 0 saturated heterocycles. The van der Waals surface area contributed by atoms with E-state index in [9.17, 15) is 11.7 Å². The van der Waals surface area contributed by atoms with Crippen LogP contribution < -0.4 is 4.18 Å². The molecule has 6 heteroatoms. The number of rotatable bonds is 2. The number of benzene rings is 1. The monoisotopic (exact) mass is 216 g/mol. The van der Waals surface area contributed by atoms with Crippen LogP contribution in [0.4, 0.5) is 11.7 Å². The lowest BCUT2D eigenvalue weighted by molar-refractivity contribution is 0.452. The van der Waals surface area contributed by atoms with E-state index >= 15 is 0 Å². The average Bonchev–Trinajstić information content (AvgIpc) is 1.82. The molecule has 0 fully saturated rings.